The average Bonchev–Trinajstić information content (AvgIpc) is 2.44. The Balaban J connectivity index is 2.31. The van der Waals surface area contributed by atoms with E-state index in [1.807, 2.05) is 42.5 Å². The highest BCUT2D eigenvalue weighted by atomic mass is 35.5. The van der Waals surface area contributed by atoms with Crippen molar-refractivity contribution in [1.82, 2.24) is 0 Å². The fourth-order valence-corrected chi connectivity index (χ4v) is 2.80. The van der Waals surface area contributed by atoms with Crippen LogP contribution in [0.2, 0.25) is 10.0 Å². The molecule has 20 heavy (non-hydrogen) atoms. The largest absolute Gasteiger partial charge is 0.385 e. The van der Waals surface area contributed by atoms with E-state index in [0.717, 1.165) is 17.5 Å². The third kappa shape index (κ3) is 3.54. The first-order chi connectivity index (χ1) is 9.55. The fourth-order valence-electron chi connectivity index (χ4n) is 2.48. The second-order valence-electron chi connectivity index (χ2n) is 5.07. The first kappa shape index (κ1) is 15.4. The number of benzene rings is 2. The minimum absolute atomic E-state index is 0.524. The lowest BCUT2D eigenvalue weighted by atomic mass is 9.84. The zero-order chi connectivity index (χ0) is 14.6. The Hall–Kier alpha value is -1.02. The Kier molecular flexibility index (Phi) is 5.09. The van der Waals surface area contributed by atoms with Gasteiger partial charge in [-0.2, -0.15) is 0 Å². The van der Waals surface area contributed by atoms with Crippen LogP contribution in [0.1, 0.15) is 30.9 Å². The Morgan fingerprint density at radius 3 is 2.30 bits per heavy atom. The Morgan fingerprint density at radius 1 is 1.00 bits per heavy atom. The summed E-state index contributed by atoms with van der Waals surface area (Å²) in [7, 11) is 0. The molecule has 1 atom stereocenters. The van der Waals surface area contributed by atoms with Gasteiger partial charge in [0.05, 0.1) is 15.6 Å². The van der Waals surface area contributed by atoms with Gasteiger partial charge in [-0.1, -0.05) is 72.9 Å². The van der Waals surface area contributed by atoms with E-state index >= 15 is 0 Å². The minimum Gasteiger partial charge on any atom is -0.385 e. The molecular formula is C17H18Cl2O. The molecule has 2 rings (SSSR count). The average molecular weight is 309 g/mol. The highest BCUT2D eigenvalue weighted by molar-refractivity contribution is 6.42. The molecule has 3 heteroatoms. The zero-order valence-electron chi connectivity index (χ0n) is 11.4. The standard InChI is InChI=1S/C17H18Cl2O/c1-2-10-17(20,14-6-4-3-5-7-14)12-13-8-9-15(18)16(19)11-13/h3-9,11,20H,2,10,12H2,1H3. The third-order valence-corrected chi connectivity index (χ3v) is 4.19. The summed E-state index contributed by atoms with van der Waals surface area (Å²) in [5.41, 5.74) is 1.06. The van der Waals surface area contributed by atoms with E-state index in [2.05, 4.69) is 6.92 Å². The quantitative estimate of drug-likeness (QED) is 0.802. The normalized spacial score (nSPS) is 14.0. The molecule has 2 aromatic rings. The van der Waals surface area contributed by atoms with Crippen LogP contribution < -0.4 is 0 Å². The van der Waals surface area contributed by atoms with Gasteiger partial charge in [-0.25, -0.2) is 0 Å². The van der Waals surface area contributed by atoms with Crippen molar-refractivity contribution in [2.24, 2.45) is 0 Å². The predicted octanol–water partition coefficient (Wildman–Crippen LogP) is 5.22. The number of aliphatic hydroxyl groups is 1. The van der Waals surface area contributed by atoms with Crippen LogP contribution in [0.25, 0.3) is 0 Å². The molecule has 0 saturated heterocycles. The van der Waals surface area contributed by atoms with Crippen molar-refractivity contribution in [3.63, 3.8) is 0 Å². The monoisotopic (exact) mass is 308 g/mol. The predicted molar refractivity (Wildman–Crippen MR) is 85.4 cm³/mol. The smallest absolute Gasteiger partial charge is 0.0936 e. The minimum atomic E-state index is -0.868. The maximum absolute atomic E-state index is 11.0. The van der Waals surface area contributed by atoms with Crippen LogP contribution in [0.5, 0.6) is 0 Å². The molecule has 2 aromatic carbocycles. The van der Waals surface area contributed by atoms with E-state index in [-0.39, 0.29) is 0 Å². The van der Waals surface area contributed by atoms with Crippen LogP contribution in [0.4, 0.5) is 0 Å². The van der Waals surface area contributed by atoms with Crippen LogP contribution in [0.3, 0.4) is 0 Å². The summed E-state index contributed by atoms with van der Waals surface area (Å²) in [6.07, 6.45) is 2.14. The molecule has 0 fully saturated rings. The van der Waals surface area contributed by atoms with E-state index in [1.165, 1.54) is 0 Å². The summed E-state index contributed by atoms with van der Waals surface area (Å²) in [6.45, 7) is 2.07. The van der Waals surface area contributed by atoms with Gasteiger partial charge in [-0.05, 0) is 29.7 Å². The van der Waals surface area contributed by atoms with Gasteiger partial charge in [0.15, 0.2) is 0 Å². The van der Waals surface area contributed by atoms with Crippen LogP contribution in [0.15, 0.2) is 48.5 Å². The molecule has 1 unspecified atom stereocenters. The van der Waals surface area contributed by atoms with Gasteiger partial charge in [-0.3, -0.25) is 0 Å². The van der Waals surface area contributed by atoms with Gasteiger partial charge in [0.2, 0.25) is 0 Å². The van der Waals surface area contributed by atoms with E-state index in [1.54, 1.807) is 6.07 Å². The van der Waals surface area contributed by atoms with Crippen LogP contribution in [0, 0.1) is 0 Å². The lowest BCUT2D eigenvalue weighted by molar-refractivity contribution is 0.0269. The molecule has 1 N–H and O–H groups in total. The van der Waals surface area contributed by atoms with E-state index in [0.29, 0.717) is 22.9 Å². The van der Waals surface area contributed by atoms with Crippen molar-refractivity contribution in [2.45, 2.75) is 31.8 Å². The van der Waals surface area contributed by atoms with E-state index < -0.39 is 5.60 Å². The third-order valence-electron chi connectivity index (χ3n) is 3.46. The van der Waals surface area contributed by atoms with Crippen molar-refractivity contribution < 1.29 is 5.11 Å². The number of rotatable bonds is 5. The summed E-state index contributed by atoms with van der Waals surface area (Å²) in [4.78, 5) is 0. The molecular weight excluding hydrogens is 291 g/mol. The van der Waals surface area contributed by atoms with Gasteiger partial charge in [0, 0.05) is 6.42 Å². The number of halogens is 2. The summed E-state index contributed by atoms with van der Waals surface area (Å²) in [6, 6.07) is 15.3. The second kappa shape index (κ2) is 6.62. The number of hydrogen-bond donors (Lipinski definition) is 1. The second-order valence-corrected chi connectivity index (χ2v) is 5.89. The highest BCUT2D eigenvalue weighted by Crippen LogP contribution is 2.32. The topological polar surface area (TPSA) is 20.2 Å². The Bertz CT molecular complexity index is 568. The molecule has 0 heterocycles. The maximum Gasteiger partial charge on any atom is 0.0936 e. The molecule has 0 amide bonds. The fraction of sp³-hybridized carbons (Fsp3) is 0.294. The zero-order valence-corrected chi connectivity index (χ0v) is 13.0. The molecule has 1 nitrogen and oxygen atoms in total. The molecule has 106 valence electrons. The summed E-state index contributed by atoms with van der Waals surface area (Å²) < 4.78 is 0. The van der Waals surface area contributed by atoms with Crippen LogP contribution >= 0.6 is 23.2 Å². The molecule has 0 bridgehead atoms. The van der Waals surface area contributed by atoms with Crippen molar-refractivity contribution in [1.29, 1.82) is 0 Å². The van der Waals surface area contributed by atoms with E-state index in [4.69, 9.17) is 23.2 Å². The molecule has 0 saturated carbocycles. The van der Waals surface area contributed by atoms with Crippen LogP contribution in [-0.2, 0) is 12.0 Å². The Labute approximate surface area is 130 Å². The lowest BCUT2D eigenvalue weighted by Crippen LogP contribution is -2.28. The van der Waals surface area contributed by atoms with Gasteiger partial charge in [-0.15, -0.1) is 0 Å². The molecule has 0 spiro atoms. The Morgan fingerprint density at radius 2 is 1.70 bits per heavy atom. The SMILES string of the molecule is CCCC(O)(Cc1ccc(Cl)c(Cl)c1)c1ccccc1. The van der Waals surface area contributed by atoms with Crippen molar-refractivity contribution in [2.75, 3.05) is 0 Å². The molecule has 0 aliphatic rings. The molecule has 0 aliphatic heterocycles. The molecule has 0 aliphatic carbocycles. The summed E-state index contributed by atoms with van der Waals surface area (Å²) in [5, 5.41) is 12.1. The first-order valence-corrected chi connectivity index (χ1v) is 7.52. The van der Waals surface area contributed by atoms with Crippen molar-refractivity contribution in [3.8, 4) is 0 Å². The summed E-state index contributed by atoms with van der Waals surface area (Å²) >= 11 is 12.0. The van der Waals surface area contributed by atoms with Crippen LogP contribution in [-0.4, -0.2) is 5.11 Å². The van der Waals surface area contributed by atoms with Crippen molar-refractivity contribution >= 4 is 23.2 Å². The summed E-state index contributed by atoms with van der Waals surface area (Å²) in [5.74, 6) is 0. The maximum atomic E-state index is 11.0. The molecule has 0 radical (unpaired) electrons. The van der Waals surface area contributed by atoms with Gasteiger partial charge in [0.25, 0.3) is 0 Å². The van der Waals surface area contributed by atoms with Gasteiger partial charge >= 0.3 is 0 Å². The van der Waals surface area contributed by atoms with Crippen molar-refractivity contribution in [3.05, 3.63) is 69.7 Å². The van der Waals surface area contributed by atoms with E-state index in [9.17, 15) is 5.11 Å². The van der Waals surface area contributed by atoms with Gasteiger partial charge < -0.3 is 5.11 Å². The lowest BCUT2D eigenvalue weighted by Gasteiger charge is -2.29. The first-order valence-electron chi connectivity index (χ1n) is 6.77. The molecule has 0 aromatic heterocycles. The number of hydrogen-bond acceptors (Lipinski definition) is 1. The highest BCUT2D eigenvalue weighted by Gasteiger charge is 2.28. The van der Waals surface area contributed by atoms with Gasteiger partial charge in [0.1, 0.15) is 0 Å².